The van der Waals surface area contributed by atoms with Gasteiger partial charge in [-0.1, -0.05) is 0 Å². The number of hydrogen-bond donors (Lipinski definition) is 2. The Balaban J connectivity index is 1.91. The van der Waals surface area contributed by atoms with E-state index in [1.165, 1.54) is 23.7 Å². The van der Waals surface area contributed by atoms with Crippen molar-refractivity contribution in [2.24, 2.45) is 0 Å². The number of amides is 2. The van der Waals surface area contributed by atoms with Gasteiger partial charge in [-0.25, -0.2) is 0 Å². The lowest BCUT2D eigenvalue weighted by Crippen LogP contribution is -2.41. The molecule has 5 nitrogen and oxygen atoms in total. The van der Waals surface area contributed by atoms with E-state index >= 15 is 0 Å². The molecule has 0 atom stereocenters. The molecule has 2 rings (SSSR count). The summed E-state index contributed by atoms with van der Waals surface area (Å²) >= 11 is 4.52. The molecule has 0 unspecified atom stereocenters. The van der Waals surface area contributed by atoms with Gasteiger partial charge >= 0.3 is 5.91 Å². The van der Waals surface area contributed by atoms with Crippen LogP contribution in [0.1, 0.15) is 20.2 Å². The summed E-state index contributed by atoms with van der Waals surface area (Å²) in [5.74, 6) is -0.739. The van der Waals surface area contributed by atoms with E-state index in [1.807, 2.05) is 0 Å². The maximum atomic E-state index is 11.6. The fraction of sp³-hybridized carbons (Fsp3) is 0. The summed E-state index contributed by atoms with van der Waals surface area (Å²) in [5.41, 5.74) is 4.54. The predicted octanol–water partition coefficient (Wildman–Crippen LogP) is 2.18. The Morgan fingerprint density at radius 1 is 1.18 bits per heavy atom. The first-order chi connectivity index (χ1) is 8.16. The van der Waals surface area contributed by atoms with Gasteiger partial charge in [-0.15, -0.1) is 11.3 Å². The second-order valence-electron chi connectivity index (χ2n) is 2.99. The quantitative estimate of drug-likeness (QED) is 0.835. The minimum absolute atomic E-state index is 0.137. The Morgan fingerprint density at radius 2 is 1.94 bits per heavy atom. The monoisotopic (exact) mass is 314 g/mol. The van der Waals surface area contributed by atoms with E-state index in [2.05, 4.69) is 26.8 Å². The van der Waals surface area contributed by atoms with Crippen LogP contribution in [0.3, 0.4) is 0 Å². The van der Waals surface area contributed by atoms with Gasteiger partial charge in [0.2, 0.25) is 0 Å². The van der Waals surface area contributed by atoms with E-state index in [9.17, 15) is 9.59 Å². The lowest BCUT2D eigenvalue weighted by Gasteiger charge is -2.03. The largest absolute Gasteiger partial charge is 0.459 e. The molecule has 0 fully saturated rings. The highest BCUT2D eigenvalue weighted by atomic mass is 79.9. The molecule has 0 bridgehead atoms. The first-order valence-corrected chi connectivity index (χ1v) is 6.17. The second-order valence-corrected chi connectivity index (χ2v) is 5.45. The maximum absolute atomic E-state index is 11.6. The van der Waals surface area contributed by atoms with Crippen molar-refractivity contribution in [2.75, 3.05) is 0 Å². The Kier molecular flexibility index (Phi) is 3.60. The van der Waals surface area contributed by atoms with Crippen molar-refractivity contribution in [3.63, 3.8) is 0 Å². The number of carbonyl (C=O) groups is 2. The minimum atomic E-state index is -0.501. The first kappa shape index (κ1) is 11.9. The van der Waals surface area contributed by atoms with Crippen molar-refractivity contribution in [3.05, 3.63) is 45.0 Å². The molecule has 0 saturated heterocycles. The van der Waals surface area contributed by atoms with Gasteiger partial charge in [-0.05, 0) is 40.2 Å². The highest BCUT2D eigenvalue weighted by Crippen LogP contribution is 2.21. The van der Waals surface area contributed by atoms with E-state index in [-0.39, 0.29) is 11.7 Å². The molecule has 2 N–H and O–H groups in total. The molecule has 17 heavy (non-hydrogen) atoms. The standard InChI is InChI=1S/C10H7BrN2O3S/c11-8-4-3-7(17-8)10(15)13-12-9(14)6-2-1-5-16-6/h1-5H,(H,12,14)(H,13,15). The van der Waals surface area contributed by atoms with E-state index in [4.69, 9.17) is 4.42 Å². The normalized spacial score (nSPS) is 9.94. The second kappa shape index (κ2) is 5.15. The van der Waals surface area contributed by atoms with Crippen molar-refractivity contribution >= 4 is 39.1 Å². The van der Waals surface area contributed by atoms with E-state index in [0.29, 0.717) is 4.88 Å². The van der Waals surface area contributed by atoms with Crippen LogP contribution in [-0.4, -0.2) is 11.8 Å². The number of hydrogen-bond acceptors (Lipinski definition) is 4. The van der Waals surface area contributed by atoms with E-state index in [0.717, 1.165) is 3.79 Å². The summed E-state index contributed by atoms with van der Waals surface area (Å²) in [5, 5.41) is 0. The van der Waals surface area contributed by atoms with Crippen LogP contribution in [0.4, 0.5) is 0 Å². The van der Waals surface area contributed by atoms with Crippen molar-refractivity contribution in [2.45, 2.75) is 0 Å². The van der Waals surface area contributed by atoms with Crippen molar-refractivity contribution in [1.82, 2.24) is 10.9 Å². The van der Waals surface area contributed by atoms with Gasteiger partial charge in [0, 0.05) is 0 Å². The van der Waals surface area contributed by atoms with Crippen LogP contribution in [0.5, 0.6) is 0 Å². The molecular formula is C10H7BrN2O3S. The fourth-order valence-electron chi connectivity index (χ4n) is 1.08. The van der Waals surface area contributed by atoms with Gasteiger partial charge < -0.3 is 4.42 Å². The van der Waals surface area contributed by atoms with Crippen LogP contribution in [-0.2, 0) is 0 Å². The SMILES string of the molecule is O=C(NNC(=O)c1ccc(Br)s1)c1ccco1. The van der Waals surface area contributed by atoms with Crippen LogP contribution >= 0.6 is 27.3 Å². The van der Waals surface area contributed by atoms with Gasteiger partial charge in [0.15, 0.2) is 5.76 Å². The van der Waals surface area contributed by atoms with Gasteiger partial charge in [0.1, 0.15) is 0 Å². The number of halogens is 1. The number of rotatable bonds is 2. The molecule has 2 aromatic heterocycles. The molecule has 0 aliphatic rings. The summed E-state index contributed by atoms with van der Waals surface area (Å²) in [6.45, 7) is 0. The molecule has 7 heteroatoms. The topological polar surface area (TPSA) is 71.3 Å². The molecule has 2 amide bonds. The van der Waals surface area contributed by atoms with E-state index < -0.39 is 5.91 Å². The molecule has 0 saturated carbocycles. The molecule has 0 radical (unpaired) electrons. The van der Waals surface area contributed by atoms with Crippen LogP contribution in [0.2, 0.25) is 0 Å². The van der Waals surface area contributed by atoms with Crippen LogP contribution in [0, 0.1) is 0 Å². The Labute approximate surface area is 109 Å². The number of thiophene rings is 1. The molecule has 88 valence electrons. The highest BCUT2D eigenvalue weighted by molar-refractivity contribution is 9.11. The third-order valence-corrected chi connectivity index (χ3v) is 3.45. The summed E-state index contributed by atoms with van der Waals surface area (Å²) in [6, 6.07) is 6.51. The maximum Gasteiger partial charge on any atom is 0.305 e. The number of furan rings is 1. The molecule has 0 spiro atoms. The predicted molar refractivity (Wildman–Crippen MR) is 65.7 cm³/mol. The van der Waals surface area contributed by atoms with Crippen molar-refractivity contribution in [1.29, 1.82) is 0 Å². The first-order valence-electron chi connectivity index (χ1n) is 4.56. The van der Waals surface area contributed by atoms with Crippen LogP contribution in [0.15, 0.2) is 38.7 Å². The van der Waals surface area contributed by atoms with Gasteiger partial charge in [-0.3, -0.25) is 20.4 Å². The van der Waals surface area contributed by atoms with Crippen LogP contribution in [0.25, 0.3) is 0 Å². The minimum Gasteiger partial charge on any atom is -0.459 e. The lowest BCUT2D eigenvalue weighted by molar-refractivity contribution is 0.0833. The summed E-state index contributed by atoms with van der Waals surface area (Å²) in [4.78, 5) is 23.5. The Hall–Kier alpha value is -1.60. The Bertz CT molecular complexity index is 536. The molecule has 0 aliphatic heterocycles. The Morgan fingerprint density at radius 3 is 2.53 bits per heavy atom. The smallest absolute Gasteiger partial charge is 0.305 e. The van der Waals surface area contributed by atoms with Gasteiger partial charge in [0.25, 0.3) is 5.91 Å². The van der Waals surface area contributed by atoms with Gasteiger partial charge in [-0.2, -0.15) is 0 Å². The summed E-state index contributed by atoms with van der Waals surface area (Å²) in [7, 11) is 0. The number of carbonyl (C=O) groups excluding carboxylic acids is 2. The zero-order valence-electron chi connectivity index (χ0n) is 8.40. The molecular weight excluding hydrogens is 308 g/mol. The van der Waals surface area contributed by atoms with E-state index in [1.54, 1.807) is 18.2 Å². The third kappa shape index (κ3) is 2.95. The number of nitrogens with one attached hydrogen (secondary N) is 2. The van der Waals surface area contributed by atoms with Crippen LogP contribution < -0.4 is 10.9 Å². The van der Waals surface area contributed by atoms with Gasteiger partial charge in [0.05, 0.1) is 14.9 Å². The molecule has 0 aliphatic carbocycles. The molecule has 0 aromatic carbocycles. The zero-order valence-corrected chi connectivity index (χ0v) is 10.8. The lowest BCUT2D eigenvalue weighted by atomic mass is 10.4. The zero-order chi connectivity index (χ0) is 12.3. The van der Waals surface area contributed by atoms with Crippen molar-refractivity contribution < 1.29 is 14.0 Å². The third-order valence-electron chi connectivity index (χ3n) is 1.83. The molecule has 2 aromatic rings. The average molecular weight is 315 g/mol. The number of hydrazine groups is 1. The average Bonchev–Trinajstić information content (AvgIpc) is 2.95. The summed E-state index contributed by atoms with van der Waals surface area (Å²) in [6.07, 6.45) is 1.38. The molecule has 2 heterocycles. The fourth-order valence-corrected chi connectivity index (χ4v) is 2.36. The highest BCUT2D eigenvalue weighted by Gasteiger charge is 2.12. The van der Waals surface area contributed by atoms with Crippen molar-refractivity contribution in [3.8, 4) is 0 Å². The summed E-state index contributed by atoms with van der Waals surface area (Å²) < 4.78 is 5.72.